The van der Waals surface area contributed by atoms with Gasteiger partial charge in [-0.15, -0.1) is 12.4 Å². The highest BCUT2D eigenvalue weighted by Gasteiger charge is 2.21. The molecule has 0 spiro atoms. The van der Waals surface area contributed by atoms with Crippen LogP contribution in [0.15, 0.2) is 16.6 Å². The van der Waals surface area contributed by atoms with Crippen LogP contribution in [0.4, 0.5) is 8.78 Å². The van der Waals surface area contributed by atoms with Crippen molar-refractivity contribution in [1.29, 1.82) is 0 Å². The summed E-state index contributed by atoms with van der Waals surface area (Å²) in [4.78, 5) is 0. The monoisotopic (exact) mass is 301 g/mol. The topological polar surface area (TPSA) is 46.2 Å². The van der Waals surface area contributed by atoms with E-state index in [4.69, 9.17) is 10.8 Å². The lowest BCUT2D eigenvalue weighted by molar-refractivity contribution is 0.160. The Morgan fingerprint density at radius 2 is 1.73 bits per heavy atom. The van der Waals surface area contributed by atoms with Crippen molar-refractivity contribution in [3.05, 3.63) is 33.8 Å². The fourth-order valence-electron chi connectivity index (χ4n) is 1.11. The number of rotatable bonds is 2. The second kappa shape index (κ2) is 5.75. The molecule has 2 nitrogen and oxygen atoms in total. The third-order valence-electron chi connectivity index (χ3n) is 1.90. The van der Waals surface area contributed by atoms with E-state index in [-0.39, 0.29) is 18.0 Å². The van der Waals surface area contributed by atoms with Gasteiger partial charge >= 0.3 is 0 Å². The van der Waals surface area contributed by atoms with Crippen LogP contribution in [0.3, 0.4) is 0 Å². The van der Waals surface area contributed by atoms with Crippen LogP contribution < -0.4 is 5.73 Å². The van der Waals surface area contributed by atoms with E-state index in [1.54, 1.807) is 0 Å². The van der Waals surface area contributed by atoms with Crippen molar-refractivity contribution in [3.63, 3.8) is 0 Å². The van der Waals surface area contributed by atoms with Crippen LogP contribution >= 0.6 is 28.3 Å². The predicted molar refractivity (Wildman–Crippen MR) is 59.9 cm³/mol. The van der Waals surface area contributed by atoms with Gasteiger partial charge in [-0.2, -0.15) is 0 Å². The van der Waals surface area contributed by atoms with Gasteiger partial charge in [-0.25, -0.2) is 8.78 Å². The van der Waals surface area contributed by atoms with Gasteiger partial charge in [-0.05, 0) is 19.1 Å². The number of benzene rings is 1. The molecule has 1 aromatic carbocycles. The number of nitrogens with two attached hydrogens (primary N) is 1. The molecule has 6 heteroatoms. The average Bonchev–Trinajstić information content (AvgIpc) is 2.01. The van der Waals surface area contributed by atoms with Gasteiger partial charge in [0.25, 0.3) is 0 Å². The first-order valence-electron chi connectivity index (χ1n) is 4.01. The summed E-state index contributed by atoms with van der Waals surface area (Å²) in [6.07, 6.45) is -1.000. The van der Waals surface area contributed by atoms with Crippen LogP contribution in [0.1, 0.15) is 18.5 Å². The summed E-state index contributed by atoms with van der Waals surface area (Å²) < 4.78 is 26.8. The Bertz CT molecular complexity index is 326. The third-order valence-corrected chi connectivity index (χ3v) is 2.35. The summed E-state index contributed by atoms with van der Waals surface area (Å²) in [6, 6.07) is 1.17. The number of aliphatic hydroxyl groups excluding tert-OH is 1. The second-order valence-corrected chi connectivity index (χ2v) is 3.97. The van der Waals surface area contributed by atoms with Crippen LogP contribution in [0.2, 0.25) is 0 Å². The minimum Gasteiger partial charge on any atom is -0.391 e. The van der Waals surface area contributed by atoms with Crippen LogP contribution in [-0.4, -0.2) is 11.2 Å². The van der Waals surface area contributed by atoms with Crippen LogP contribution in [-0.2, 0) is 0 Å². The first-order valence-corrected chi connectivity index (χ1v) is 4.81. The molecule has 86 valence electrons. The van der Waals surface area contributed by atoms with Gasteiger partial charge in [-0.3, -0.25) is 0 Å². The molecule has 0 saturated heterocycles. The van der Waals surface area contributed by atoms with Crippen LogP contribution in [0.25, 0.3) is 0 Å². The summed E-state index contributed by atoms with van der Waals surface area (Å²) in [6.45, 7) is 1.38. The predicted octanol–water partition coefficient (Wildman–Crippen LogP) is 2.53. The van der Waals surface area contributed by atoms with Crippen molar-refractivity contribution in [1.82, 2.24) is 0 Å². The van der Waals surface area contributed by atoms with Crippen LogP contribution in [0, 0.1) is 11.6 Å². The summed E-state index contributed by atoms with van der Waals surface area (Å²) in [5.74, 6) is -1.52. The molecule has 3 N–H and O–H groups in total. The SMILES string of the molecule is C[C@H](O)[C@H](N)c1c(F)cc(Br)cc1F.Cl. The van der Waals surface area contributed by atoms with Crippen molar-refractivity contribution in [2.45, 2.75) is 19.1 Å². The first-order chi connectivity index (χ1) is 6.43. The Morgan fingerprint density at radius 1 is 1.33 bits per heavy atom. The van der Waals surface area contributed by atoms with E-state index in [0.717, 1.165) is 12.1 Å². The zero-order chi connectivity index (χ0) is 10.9. The lowest BCUT2D eigenvalue weighted by atomic mass is 10.0. The fraction of sp³-hybridized carbons (Fsp3) is 0.333. The van der Waals surface area contributed by atoms with Gasteiger partial charge in [0, 0.05) is 10.0 Å². The number of hydrogen-bond acceptors (Lipinski definition) is 2. The van der Waals surface area contributed by atoms with Crippen molar-refractivity contribution >= 4 is 28.3 Å². The largest absolute Gasteiger partial charge is 0.391 e. The molecular formula is C9H11BrClF2NO. The molecule has 1 aromatic rings. The van der Waals surface area contributed by atoms with E-state index in [0.29, 0.717) is 4.47 Å². The molecule has 0 heterocycles. The normalized spacial score (nSPS) is 14.3. The van der Waals surface area contributed by atoms with Crippen molar-refractivity contribution in [2.24, 2.45) is 5.73 Å². The van der Waals surface area contributed by atoms with Gasteiger partial charge in [0.15, 0.2) is 0 Å². The van der Waals surface area contributed by atoms with E-state index in [1.165, 1.54) is 6.92 Å². The number of halogens is 4. The molecule has 0 radical (unpaired) electrons. The Morgan fingerprint density at radius 3 is 2.07 bits per heavy atom. The molecule has 15 heavy (non-hydrogen) atoms. The van der Waals surface area contributed by atoms with Gasteiger partial charge in [0.2, 0.25) is 0 Å². The van der Waals surface area contributed by atoms with Gasteiger partial charge in [-0.1, -0.05) is 15.9 Å². The van der Waals surface area contributed by atoms with E-state index in [9.17, 15) is 8.78 Å². The quantitative estimate of drug-likeness (QED) is 0.882. The molecule has 0 aliphatic heterocycles. The minimum atomic E-state index is -1.05. The second-order valence-electron chi connectivity index (χ2n) is 3.05. The molecule has 0 bridgehead atoms. The lowest BCUT2D eigenvalue weighted by Crippen LogP contribution is -2.25. The molecule has 0 aliphatic carbocycles. The summed E-state index contributed by atoms with van der Waals surface area (Å²) >= 11 is 2.95. The van der Waals surface area contributed by atoms with E-state index in [2.05, 4.69) is 15.9 Å². The zero-order valence-electron chi connectivity index (χ0n) is 7.88. The van der Waals surface area contributed by atoms with Gasteiger partial charge in [0.1, 0.15) is 11.6 Å². The highest BCUT2D eigenvalue weighted by molar-refractivity contribution is 9.10. The molecule has 0 unspecified atom stereocenters. The summed E-state index contributed by atoms with van der Waals surface area (Å²) in [5.41, 5.74) is 5.16. The maximum Gasteiger partial charge on any atom is 0.132 e. The van der Waals surface area contributed by atoms with E-state index < -0.39 is 23.8 Å². The molecule has 1 rings (SSSR count). The third kappa shape index (κ3) is 3.38. The highest BCUT2D eigenvalue weighted by Crippen LogP contribution is 2.25. The molecule has 0 aliphatic rings. The summed E-state index contributed by atoms with van der Waals surface area (Å²) in [5, 5.41) is 9.12. The first kappa shape index (κ1) is 14.8. The molecule has 0 amide bonds. The van der Waals surface area contributed by atoms with E-state index in [1.807, 2.05) is 0 Å². The minimum absolute atomic E-state index is 0. The number of aliphatic hydroxyl groups is 1. The molecule has 0 saturated carbocycles. The van der Waals surface area contributed by atoms with E-state index >= 15 is 0 Å². The maximum absolute atomic E-state index is 13.3. The zero-order valence-corrected chi connectivity index (χ0v) is 10.3. The van der Waals surface area contributed by atoms with Crippen LogP contribution in [0.5, 0.6) is 0 Å². The summed E-state index contributed by atoms with van der Waals surface area (Å²) in [7, 11) is 0. The molecular weight excluding hydrogens is 291 g/mol. The average molecular weight is 303 g/mol. The number of hydrogen-bond donors (Lipinski definition) is 2. The fourth-order valence-corrected chi connectivity index (χ4v) is 1.51. The Balaban J connectivity index is 0.00000196. The van der Waals surface area contributed by atoms with Gasteiger partial charge in [0.05, 0.1) is 12.1 Å². The highest BCUT2D eigenvalue weighted by atomic mass is 79.9. The van der Waals surface area contributed by atoms with Crippen molar-refractivity contribution < 1.29 is 13.9 Å². The standard InChI is InChI=1S/C9H10BrF2NO.ClH/c1-4(14)9(13)8-6(11)2-5(10)3-7(8)12;/h2-4,9,14H,13H2,1H3;1H/t4-,9-;/m0./s1. The lowest BCUT2D eigenvalue weighted by Gasteiger charge is -2.16. The van der Waals surface area contributed by atoms with Gasteiger partial charge < -0.3 is 10.8 Å². The molecule has 2 atom stereocenters. The van der Waals surface area contributed by atoms with Crippen molar-refractivity contribution in [3.8, 4) is 0 Å². The van der Waals surface area contributed by atoms with Crippen molar-refractivity contribution in [2.75, 3.05) is 0 Å². The molecule has 0 aromatic heterocycles. The Hall–Kier alpha value is -0.230. The maximum atomic E-state index is 13.3. The Kier molecular flexibility index (Phi) is 5.66. The Labute approximate surface area is 101 Å². The smallest absolute Gasteiger partial charge is 0.132 e. The molecule has 0 fully saturated rings.